The maximum Gasteiger partial charge on any atom is 0.315 e. The number of carboxylic acid groups (broad SMARTS) is 1. The highest BCUT2D eigenvalue weighted by molar-refractivity contribution is 5.79. The molecule has 0 bridgehead atoms. The first-order valence-electron chi connectivity index (χ1n) is 6.81. The molecule has 7 heteroatoms. The van der Waals surface area contributed by atoms with Crippen molar-refractivity contribution in [2.75, 3.05) is 0 Å². The number of rotatable bonds is 5. The van der Waals surface area contributed by atoms with Crippen LogP contribution >= 0.6 is 0 Å². The lowest BCUT2D eigenvalue weighted by molar-refractivity contribution is -0.143. The van der Waals surface area contributed by atoms with Gasteiger partial charge in [0.15, 0.2) is 0 Å². The summed E-state index contributed by atoms with van der Waals surface area (Å²) < 4.78 is 0. The third kappa shape index (κ3) is 5.07. The smallest absolute Gasteiger partial charge is 0.315 e. The van der Waals surface area contributed by atoms with Crippen LogP contribution in [0.15, 0.2) is 0 Å². The Kier molecular flexibility index (Phi) is 5.35. The van der Waals surface area contributed by atoms with Gasteiger partial charge >= 0.3 is 12.0 Å². The van der Waals surface area contributed by atoms with Crippen molar-refractivity contribution in [1.82, 2.24) is 10.6 Å². The molecular weight excluding hydrogens is 262 g/mol. The number of nitrogens with two attached hydrogens (primary N) is 1. The average molecular weight is 285 g/mol. The molecule has 1 fully saturated rings. The third-order valence-corrected chi connectivity index (χ3v) is 3.47. The first-order chi connectivity index (χ1) is 9.21. The summed E-state index contributed by atoms with van der Waals surface area (Å²) in [5.41, 5.74) is 4.35. The summed E-state index contributed by atoms with van der Waals surface area (Å²) in [4.78, 5) is 34.0. The van der Waals surface area contributed by atoms with Crippen LogP contribution in [-0.4, -0.2) is 34.6 Å². The van der Waals surface area contributed by atoms with Gasteiger partial charge in [-0.05, 0) is 26.7 Å². The van der Waals surface area contributed by atoms with E-state index >= 15 is 0 Å². The zero-order chi connectivity index (χ0) is 15.3. The second-order valence-corrected chi connectivity index (χ2v) is 5.96. The van der Waals surface area contributed by atoms with Gasteiger partial charge in [0.2, 0.25) is 5.91 Å². The van der Waals surface area contributed by atoms with Crippen molar-refractivity contribution in [3.8, 4) is 0 Å². The maximum absolute atomic E-state index is 11.9. The molecule has 1 saturated carbocycles. The molecule has 2 atom stereocenters. The van der Waals surface area contributed by atoms with Crippen LogP contribution in [-0.2, 0) is 9.59 Å². The molecule has 1 aliphatic carbocycles. The number of carboxylic acids is 1. The van der Waals surface area contributed by atoms with E-state index < -0.39 is 29.4 Å². The van der Waals surface area contributed by atoms with E-state index in [0.717, 1.165) is 12.8 Å². The number of carbonyl (C=O) groups is 3. The summed E-state index contributed by atoms with van der Waals surface area (Å²) in [6.45, 7) is 3.37. The van der Waals surface area contributed by atoms with Crippen molar-refractivity contribution in [1.29, 1.82) is 0 Å². The molecule has 0 aliphatic heterocycles. The van der Waals surface area contributed by atoms with E-state index in [9.17, 15) is 14.4 Å². The van der Waals surface area contributed by atoms with E-state index in [0.29, 0.717) is 12.8 Å². The lowest BCUT2D eigenvalue weighted by Gasteiger charge is -2.31. The molecule has 5 N–H and O–H groups in total. The van der Waals surface area contributed by atoms with Crippen molar-refractivity contribution >= 4 is 17.9 Å². The topological polar surface area (TPSA) is 122 Å². The third-order valence-electron chi connectivity index (χ3n) is 3.47. The van der Waals surface area contributed by atoms with E-state index in [2.05, 4.69) is 10.6 Å². The van der Waals surface area contributed by atoms with Crippen LogP contribution in [0.5, 0.6) is 0 Å². The minimum Gasteiger partial charge on any atom is -0.481 e. The fourth-order valence-corrected chi connectivity index (χ4v) is 2.59. The average Bonchev–Trinajstić information content (AvgIpc) is 2.26. The van der Waals surface area contributed by atoms with Gasteiger partial charge in [-0.3, -0.25) is 9.59 Å². The standard InChI is InChI=1S/C13H23N3O4/c1-13(2,7-10(14)17)16-12(20)15-9-6-4-3-5-8(9)11(18)19/h8-9H,3-7H2,1-2H3,(H2,14,17)(H,18,19)(H2,15,16,20). The van der Waals surface area contributed by atoms with Crippen LogP contribution < -0.4 is 16.4 Å². The number of carbonyl (C=O) groups excluding carboxylic acids is 2. The maximum atomic E-state index is 11.9. The molecule has 114 valence electrons. The molecule has 0 aromatic heterocycles. The fourth-order valence-electron chi connectivity index (χ4n) is 2.59. The monoisotopic (exact) mass is 285 g/mol. The predicted molar refractivity (Wildman–Crippen MR) is 72.9 cm³/mol. The van der Waals surface area contributed by atoms with Crippen LogP contribution in [0.1, 0.15) is 46.0 Å². The largest absolute Gasteiger partial charge is 0.481 e. The molecular formula is C13H23N3O4. The summed E-state index contributed by atoms with van der Waals surface area (Å²) in [5, 5.41) is 14.5. The number of urea groups is 1. The number of hydrogen-bond donors (Lipinski definition) is 4. The molecule has 7 nitrogen and oxygen atoms in total. The highest BCUT2D eigenvalue weighted by Crippen LogP contribution is 2.24. The second kappa shape index (κ2) is 6.58. The molecule has 1 rings (SSSR count). The van der Waals surface area contributed by atoms with Crippen molar-refractivity contribution in [3.05, 3.63) is 0 Å². The summed E-state index contributed by atoms with van der Waals surface area (Å²) >= 11 is 0. The van der Waals surface area contributed by atoms with Gasteiger partial charge in [-0.15, -0.1) is 0 Å². The Balaban J connectivity index is 2.56. The first kappa shape index (κ1) is 16.3. The summed E-state index contributed by atoms with van der Waals surface area (Å²) in [6.07, 6.45) is 3.02. The highest BCUT2D eigenvalue weighted by Gasteiger charge is 2.33. The zero-order valence-corrected chi connectivity index (χ0v) is 11.9. The number of primary amides is 1. The quantitative estimate of drug-likeness (QED) is 0.590. The molecule has 0 radical (unpaired) electrons. The van der Waals surface area contributed by atoms with Gasteiger partial charge < -0.3 is 21.5 Å². The highest BCUT2D eigenvalue weighted by atomic mass is 16.4. The van der Waals surface area contributed by atoms with Crippen LogP contribution in [0.4, 0.5) is 4.79 Å². The number of hydrogen-bond acceptors (Lipinski definition) is 3. The molecule has 0 heterocycles. The van der Waals surface area contributed by atoms with Crippen LogP contribution in [0, 0.1) is 5.92 Å². The van der Waals surface area contributed by atoms with Gasteiger partial charge in [0.25, 0.3) is 0 Å². The summed E-state index contributed by atoms with van der Waals surface area (Å²) in [7, 11) is 0. The minimum atomic E-state index is -0.883. The Morgan fingerprint density at radius 3 is 2.40 bits per heavy atom. The molecule has 0 aromatic carbocycles. The molecule has 2 unspecified atom stereocenters. The predicted octanol–water partition coefficient (Wildman–Crippen LogP) is 0.583. The number of aliphatic carboxylic acids is 1. The first-order valence-corrected chi connectivity index (χ1v) is 6.81. The molecule has 0 aromatic rings. The Bertz CT molecular complexity index is 395. The van der Waals surface area contributed by atoms with Crippen molar-refractivity contribution in [2.45, 2.75) is 57.5 Å². The molecule has 3 amide bonds. The Hall–Kier alpha value is -1.79. The number of amides is 3. The van der Waals surface area contributed by atoms with Gasteiger partial charge in [0.05, 0.1) is 5.92 Å². The van der Waals surface area contributed by atoms with Crippen molar-refractivity contribution in [2.24, 2.45) is 11.7 Å². The SMILES string of the molecule is CC(C)(CC(N)=O)NC(=O)NC1CCCCC1C(=O)O. The van der Waals surface area contributed by atoms with Gasteiger partial charge in [-0.25, -0.2) is 4.79 Å². The molecule has 0 spiro atoms. The summed E-state index contributed by atoms with van der Waals surface area (Å²) in [5.74, 6) is -1.93. The Morgan fingerprint density at radius 2 is 1.85 bits per heavy atom. The molecule has 20 heavy (non-hydrogen) atoms. The lowest BCUT2D eigenvalue weighted by atomic mass is 9.84. The van der Waals surface area contributed by atoms with Crippen LogP contribution in [0.3, 0.4) is 0 Å². The van der Waals surface area contributed by atoms with E-state index in [-0.39, 0.29) is 12.5 Å². The van der Waals surface area contributed by atoms with Crippen molar-refractivity contribution in [3.63, 3.8) is 0 Å². The van der Waals surface area contributed by atoms with Gasteiger partial charge in [-0.2, -0.15) is 0 Å². The fraction of sp³-hybridized carbons (Fsp3) is 0.769. The van der Waals surface area contributed by atoms with Gasteiger partial charge in [0.1, 0.15) is 0 Å². The van der Waals surface area contributed by atoms with Crippen LogP contribution in [0.25, 0.3) is 0 Å². The Morgan fingerprint density at radius 1 is 1.25 bits per heavy atom. The van der Waals surface area contributed by atoms with Gasteiger partial charge in [-0.1, -0.05) is 12.8 Å². The van der Waals surface area contributed by atoms with E-state index in [1.54, 1.807) is 13.8 Å². The second-order valence-electron chi connectivity index (χ2n) is 5.96. The molecule has 0 saturated heterocycles. The molecule has 1 aliphatic rings. The summed E-state index contributed by atoms with van der Waals surface area (Å²) in [6, 6.07) is -0.833. The Labute approximate surface area is 118 Å². The van der Waals surface area contributed by atoms with E-state index in [1.165, 1.54) is 0 Å². The number of nitrogens with one attached hydrogen (secondary N) is 2. The van der Waals surface area contributed by atoms with E-state index in [1.807, 2.05) is 0 Å². The van der Waals surface area contributed by atoms with Crippen LogP contribution in [0.2, 0.25) is 0 Å². The zero-order valence-electron chi connectivity index (χ0n) is 11.9. The lowest BCUT2D eigenvalue weighted by Crippen LogP contribution is -2.54. The van der Waals surface area contributed by atoms with E-state index in [4.69, 9.17) is 10.8 Å². The minimum absolute atomic E-state index is 0.0213. The van der Waals surface area contributed by atoms with Crippen molar-refractivity contribution < 1.29 is 19.5 Å². The van der Waals surface area contributed by atoms with Gasteiger partial charge in [0, 0.05) is 18.0 Å². The normalized spacial score (nSPS) is 22.9.